The lowest BCUT2D eigenvalue weighted by atomic mass is 9.98. The summed E-state index contributed by atoms with van der Waals surface area (Å²) in [6.45, 7) is 2.71. The summed E-state index contributed by atoms with van der Waals surface area (Å²) in [6.07, 6.45) is 1.81. The van der Waals surface area contributed by atoms with Crippen molar-refractivity contribution in [2.75, 3.05) is 52.2 Å². The van der Waals surface area contributed by atoms with Gasteiger partial charge in [-0.05, 0) is 78.1 Å². The Kier molecular flexibility index (Phi) is 9.73. The average Bonchev–Trinajstić information content (AvgIpc) is 3.13. The number of ether oxygens (including phenoxy) is 4. The lowest BCUT2D eigenvalue weighted by Gasteiger charge is -2.29. The van der Waals surface area contributed by atoms with Crippen molar-refractivity contribution in [2.24, 2.45) is 0 Å². The summed E-state index contributed by atoms with van der Waals surface area (Å²) in [7, 11) is 6.26. The predicted molar refractivity (Wildman–Crippen MR) is 186 cm³/mol. The summed E-state index contributed by atoms with van der Waals surface area (Å²) in [5.41, 5.74) is 5.63. The summed E-state index contributed by atoms with van der Waals surface area (Å²) in [6, 6.07) is 26.2. The highest BCUT2D eigenvalue weighted by Crippen LogP contribution is 2.37. The molecule has 0 saturated heterocycles. The minimum Gasteiger partial charge on any atom is -0.493 e. The van der Waals surface area contributed by atoms with E-state index in [1.165, 1.54) is 25.3 Å². The van der Waals surface area contributed by atoms with Gasteiger partial charge in [0.1, 0.15) is 11.3 Å². The highest BCUT2D eigenvalue weighted by atomic mass is 16.5. The van der Waals surface area contributed by atoms with Gasteiger partial charge >= 0.3 is 0 Å². The Labute approximate surface area is 279 Å². The number of amides is 2. The summed E-state index contributed by atoms with van der Waals surface area (Å²) >= 11 is 0. The van der Waals surface area contributed by atoms with E-state index in [4.69, 9.17) is 18.9 Å². The zero-order chi connectivity index (χ0) is 33.6. The molecule has 10 nitrogen and oxygen atoms in total. The van der Waals surface area contributed by atoms with Crippen LogP contribution in [0.5, 0.6) is 23.0 Å². The van der Waals surface area contributed by atoms with Gasteiger partial charge in [-0.25, -0.2) is 4.98 Å². The quantitative estimate of drug-likeness (QED) is 0.170. The number of hydrogen-bond donors (Lipinski definition) is 2. The van der Waals surface area contributed by atoms with E-state index in [9.17, 15) is 9.59 Å². The van der Waals surface area contributed by atoms with Gasteiger partial charge in [0.25, 0.3) is 11.8 Å². The number of nitrogens with zero attached hydrogens (tertiary/aromatic N) is 2. The third-order valence-corrected chi connectivity index (χ3v) is 8.58. The number of nitrogens with one attached hydrogen (secondary N) is 2. The second kappa shape index (κ2) is 14.4. The van der Waals surface area contributed by atoms with Crippen LogP contribution in [0.3, 0.4) is 0 Å². The van der Waals surface area contributed by atoms with Gasteiger partial charge in [0.15, 0.2) is 23.0 Å². The fourth-order valence-electron chi connectivity index (χ4n) is 6.00. The van der Waals surface area contributed by atoms with Crippen LogP contribution in [0, 0.1) is 0 Å². The molecule has 6 rings (SSSR count). The van der Waals surface area contributed by atoms with E-state index in [0.717, 1.165) is 54.9 Å². The number of para-hydroxylation sites is 1. The summed E-state index contributed by atoms with van der Waals surface area (Å²) in [4.78, 5) is 33.9. The number of carbonyl (C=O) groups is 2. The van der Waals surface area contributed by atoms with E-state index < -0.39 is 11.8 Å². The molecule has 0 atom stereocenters. The minimum absolute atomic E-state index is 0.134. The minimum atomic E-state index is -0.459. The van der Waals surface area contributed by atoms with Gasteiger partial charge in [-0.15, -0.1) is 0 Å². The van der Waals surface area contributed by atoms with Gasteiger partial charge in [0, 0.05) is 30.7 Å². The third kappa shape index (κ3) is 6.89. The van der Waals surface area contributed by atoms with Crippen molar-refractivity contribution in [3.8, 4) is 23.0 Å². The van der Waals surface area contributed by atoms with E-state index >= 15 is 0 Å². The molecule has 48 heavy (non-hydrogen) atoms. The first-order valence-corrected chi connectivity index (χ1v) is 15.7. The Hall–Kier alpha value is -5.61. The van der Waals surface area contributed by atoms with Gasteiger partial charge in [-0.2, -0.15) is 0 Å². The molecule has 1 aliphatic heterocycles. The van der Waals surface area contributed by atoms with Crippen LogP contribution in [0.1, 0.15) is 37.5 Å². The average molecular weight is 647 g/mol. The maximum absolute atomic E-state index is 13.7. The van der Waals surface area contributed by atoms with Crippen molar-refractivity contribution in [3.63, 3.8) is 0 Å². The van der Waals surface area contributed by atoms with Crippen LogP contribution in [0.4, 0.5) is 11.4 Å². The van der Waals surface area contributed by atoms with Crippen LogP contribution in [-0.2, 0) is 19.4 Å². The number of carbonyl (C=O) groups excluding carboxylic acids is 2. The van der Waals surface area contributed by atoms with Crippen molar-refractivity contribution < 1.29 is 28.5 Å². The lowest BCUT2D eigenvalue weighted by Crippen LogP contribution is -2.32. The van der Waals surface area contributed by atoms with E-state index in [1.807, 2.05) is 54.6 Å². The first-order valence-electron chi connectivity index (χ1n) is 15.7. The SMILES string of the molecule is COc1cc2c(cc1OC)CN(CCc1ccc(NC(=O)c3c(NC(=O)c4ccc5ccccc5n4)ccc(OC)c3OC)cc1)CC2. The number of hydrogen-bond acceptors (Lipinski definition) is 8. The number of pyridine rings is 1. The molecule has 1 aromatic heterocycles. The standard InChI is InChI=1S/C38H38N4O6/c1-45-32-16-15-30(41-37(43)31-14-11-25-7-5-6-8-29(25)40-31)35(36(32)48-4)38(44)39-28-12-9-24(10-13-28)17-19-42-20-18-26-21-33(46-2)34(47-3)22-27(26)23-42/h5-16,21-22H,17-20,23H2,1-4H3,(H,39,44)(H,41,43). The molecule has 2 amide bonds. The lowest BCUT2D eigenvalue weighted by molar-refractivity contribution is 0.102. The van der Waals surface area contributed by atoms with Crippen molar-refractivity contribution in [2.45, 2.75) is 19.4 Å². The Bertz CT molecular complexity index is 1960. The molecule has 0 unspecified atom stereocenters. The van der Waals surface area contributed by atoms with Crippen molar-refractivity contribution >= 4 is 34.1 Å². The summed E-state index contributed by atoms with van der Waals surface area (Å²) in [5.74, 6) is 1.16. The molecule has 0 fully saturated rings. The summed E-state index contributed by atoms with van der Waals surface area (Å²) in [5, 5.41) is 6.72. The number of fused-ring (bicyclic) bond motifs is 2. The van der Waals surface area contributed by atoms with Crippen LogP contribution >= 0.6 is 0 Å². The first-order chi connectivity index (χ1) is 23.4. The zero-order valence-electron chi connectivity index (χ0n) is 27.5. The van der Waals surface area contributed by atoms with Crippen molar-refractivity contribution in [1.82, 2.24) is 9.88 Å². The van der Waals surface area contributed by atoms with E-state index in [1.54, 1.807) is 32.4 Å². The monoisotopic (exact) mass is 646 g/mol. The molecule has 10 heteroatoms. The number of anilines is 2. The summed E-state index contributed by atoms with van der Waals surface area (Å²) < 4.78 is 22.0. The highest BCUT2D eigenvalue weighted by molar-refractivity contribution is 6.14. The molecule has 2 N–H and O–H groups in total. The fraction of sp³-hybridized carbons (Fsp3) is 0.237. The molecule has 5 aromatic rings. The van der Waals surface area contributed by atoms with Gasteiger partial charge in [-0.1, -0.05) is 36.4 Å². The molecule has 0 bridgehead atoms. The van der Waals surface area contributed by atoms with Crippen LogP contribution in [0.2, 0.25) is 0 Å². The van der Waals surface area contributed by atoms with Crippen LogP contribution in [-0.4, -0.2) is 63.2 Å². The highest BCUT2D eigenvalue weighted by Gasteiger charge is 2.24. The molecule has 0 saturated carbocycles. The van der Waals surface area contributed by atoms with Crippen LogP contribution in [0.15, 0.2) is 84.9 Å². The van der Waals surface area contributed by atoms with E-state index in [0.29, 0.717) is 17.0 Å². The topological polar surface area (TPSA) is 111 Å². The number of benzene rings is 4. The van der Waals surface area contributed by atoms with E-state index in [2.05, 4.69) is 32.7 Å². The third-order valence-electron chi connectivity index (χ3n) is 8.58. The van der Waals surface area contributed by atoms with E-state index in [-0.39, 0.29) is 22.7 Å². The number of aromatic nitrogens is 1. The second-order valence-electron chi connectivity index (χ2n) is 11.5. The van der Waals surface area contributed by atoms with Crippen LogP contribution in [0.25, 0.3) is 10.9 Å². The smallest absolute Gasteiger partial charge is 0.274 e. The second-order valence-corrected chi connectivity index (χ2v) is 11.5. The molecule has 0 spiro atoms. The predicted octanol–water partition coefficient (Wildman–Crippen LogP) is 6.37. The Morgan fingerprint density at radius 1 is 0.750 bits per heavy atom. The Balaban J connectivity index is 1.13. The fourth-order valence-corrected chi connectivity index (χ4v) is 6.00. The van der Waals surface area contributed by atoms with Crippen LogP contribution < -0.4 is 29.6 Å². The zero-order valence-corrected chi connectivity index (χ0v) is 27.5. The molecule has 1 aliphatic rings. The number of rotatable bonds is 11. The molecule has 0 aliphatic carbocycles. The molecule has 2 heterocycles. The number of methoxy groups -OCH3 is 4. The maximum atomic E-state index is 13.7. The molecular formula is C38H38N4O6. The van der Waals surface area contributed by atoms with Gasteiger partial charge < -0.3 is 29.6 Å². The normalized spacial score (nSPS) is 12.6. The molecule has 4 aromatic carbocycles. The molecule has 246 valence electrons. The van der Waals surface area contributed by atoms with Gasteiger partial charge in [0.05, 0.1) is 39.6 Å². The molecular weight excluding hydrogens is 608 g/mol. The maximum Gasteiger partial charge on any atom is 0.274 e. The Morgan fingerprint density at radius 2 is 1.48 bits per heavy atom. The van der Waals surface area contributed by atoms with Gasteiger partial charge in [0.2, 0.25) is 0 Å². The van der Waals surface area contributed by atoms with Gasteiger partial charge in [-0.3, -0.25) is 14.5 Å². The van der Waals surface area contributed by atoms with Crippen molar-refractivity contribution in [3.05, 3.63) is 113 Å². The first kappa shape index (κ1) is 32.3. The van der Waals surface area contributed by atoms with Crippen molar-refractivity contribution in [1.29, 1.82) is 0 Å². The largest absolute Gasteiger partial charge is 0.493 e. The Morgan fingerprint density at radius 3 is 2.21 bits per heavy atom. The molecule has 0 radical (unpaired) electrons.